The van der Waals surface area contributed by atoms with Gasteiger partial charge in [-0.05, 0) is 145 Å². The van der Waals surface area contributed by atoms with Crippen LogP contribution in [0, 0.1) is 0 Å². The van der Waals surface area contributed by atoms with Crippen molar-refractivity contribution in [2.75, 3.05) is 22.9 Å². The highest BCUT2D eigenvalue weighted by atomic mass is 15.1. The second-order valence-corrected chi connectivity index (χ2v) is 15.5. The standard InChI is InChI=1S/C54H42N2/c1-2-15-41(16-3-1)53-47-30-28-46(56-33-11-19-40-14-7-9-21-52(40)56)36-50(47)54(42-25-22-38(23-26-42)44-27-24-37-12-4-5-17-43(37)34-44)48-31-29-45(35-49(48)53)55-32-10-18-39-13-6-8-20-51(39)55/h1-9,12-17,20-31,34-36H,10-11,18-19,32-33H2. The van der Waals surface area contributed by atoms with E-state index in [9.17, 15) is 0 Å². The average Bonchev–Trinajstić information content (AvgIpc) is 3.27. The Morgan fingerprint density at radius 3 is 1.41 bits per heavy atom. The summed E-state index contributed by atoms with van der Waals surface area (Å²) in [6.07, 6.45) is 4.55. The first kappa shape index (κ1) is 32.8. The summed E-state index contributed by atoms with van der Waals surface area (Å²) in [4.78, 5) is 5.07. The van der Waals surface area contributed by atoms with Crippen molar-refractivity contribution in [1.29, 1.82) is 0 Å². The third-order valence-electron chi connectivity index (χ3n) is 12.2. The van der Waals surface area contributed by atoms with Crippen molar-refractivity contribution in [2.45, 2.75) is 25.7 Å². The summed E-state index contributed by atoms with van der Waals surface area (Å²) in [5, 5.41) is 7.66. The third kappa shape index (κ3) is 5.56. The molecule has 9 aromatic rings. The first-order chi connectivity index (χ1) is 27.8. The van der Waals surface area contributed by atoms with Gasteiger partial charge in [-0.2, -0.15) is 0 Å². The largest absolute Gasteiger partial charge is 0.341 e. The zero-order chi connectivity index (χ0) is 37.0. The van der Waals surface area contributed by atoms with E-state index in [0.717, 1.165) is 38.8 Å². The molecule has 0 saturated heterocycles. The Labute approximate surface area is 328 Å². The minimum Gasteiger partial charge on any atom is -0.341 e. The fraction of sp³-hybridized carbons (Fsp3) is 0.111. The van der Waals surface area contributed by atoms with Crippen LogP contribution in [-0.4, -0.2) is 13.1 Å². The second kappa shape index (κ2) is 13.6. The zero-order valence-electron chi connectivity index (χ0n) is 31.5. The van der Waals surface area contributed by atoms with E-state index in [2.05, 4.69) is 192 Å². The van der Waals surface area contributed by atoms with Gasteiger partial charge in [-0.25, -0.2) is 0 Å². The van der Waals surface area contributed by atoms with Gasteiger partial charge in [0.2, 0.25) is 0 Å². The zero-order valence-corrected chi connectivity index (χ0v) is 31.5. The van der Waals surface area contributed by atoms with Gasteiger partial charge in [0.25, 0.3) is 0 Å². The Bertz CT molecular complexity index is 2930. The van der Waals surface area contributed by atoms with Crippen LogP contribution in [0.25, 0.3) is 65.7 Å². The lowest BCUT2D eigenvalue weighted by molar-refractivity contribution is 0.767. The molecule has 2 heterocycles. The van der Waals surface area contributed by atoms with Crippen molar-refractivity contribution >= 4 is 55.1 Å². The topological polar surface area (TPSA) is 6.48 Å². The Kier molecular flexibility index (Phi) is 7.95. The van der Waals surface area contributed by atoms with Crippen LogP contribution in [0.3, 0.4) is 0 Å². The van der Waals surface area contributed by atoms with Gasteiger partial charge in [0, 0.05) is 35.8 Å². The van der Waals surface area contributed by atoms with Crippen LogP contribution in [0.5, 0.6) is 0 Å². The van der Waals surface area contributed by atoms with Crippen LogP contribution < -0.4 is 9.80 Å². The maximum Gasteiger partial charge on any atom is 0.0443 e. The summed E-state index contributed by atoms with van der Waals surface area (Å²) < 4.78 is 0. The first-order valence-electron chi connectivity index (χ1n) is 20.2. The lowest BCUT2D eigenvalue weighted by Gasteiger charge is -2.32. The summed E-state index contributed by atoms with van der Waals surface area (Å²) in [5.41, 5.74) is 15.5. The van der Waals surface area contributed by atoms with E-state index in [1.54, 1.807) is 0 Å². The molecule has 9 aromatic carbocycles. The van der Waals surface area contributed by atoms with Crippen LogP contribution in [-0.2, 0) is 12.8 Å². The highest BCUT2D eigenvalue weighted by Gasteiger charge is 2.24. The molecule has 0 atom stereocenters. The number of hydrogen-bond acceptors (Lipinski definition) is 2. The van der Waals surface area contributed by atoms with Gasteiger partial charge in [0.05, 0.1) is 0 Å². The van der Waals surface area contributed by atoms with Crippen molar-refractivity contribution in [1.82, 2.24) is 0 Å². The summed E-state index contributed by atoms with van der Waals surface area (Å²) in [5.74, 6) is 0. The summed E-state index contributed by atoms with van der Waals surface area (Å²) in [6, 6.07) is 68.1. The van der Waals surface area contributed by atoms with E-state index in [4.69, 9.17) is 0 Å². The quantitative estimate of drug-likeness (QED) is 0.164. The van der Waals surface area contributed by atoms with E-state index in [0.29, 0.717) is 0 Å². The number of hydrogen-bond donors (Lipinski definition) is 0. The molecule has 11 rings (SSSR count). The molecule has 0 N–H and O–H groups in total. The van der Waals surface area contributed by atoms with Gasteiger partial charge in [-0.3, -0.25) is 0 Å². The molecule has 0 fully saturated rings. The predicted molar refractivity (Wildman–Crippen MR) is 239 cm³/mol. The molecule has 2 heteroatoms. The van der Waals surface area contributed by atoms with E-state index in [1.807, 2.05) is 0 Å². The smallest absolute Gasteiger partial charge is 0.0443 e. The van der Waals surface area contributed by atoms with Crippen molar-refractivity contribution < 1.29 is 0 Å². The Morgan fingerprint density at radius 2 is 0.804 bits per heavy atom. The van der Waals surface area contributed by atoms with Gasteiger partial charge in [0.1, 0.15) is 0 Å². The van der Waals surface area contributed by atoms with Crippen molar-refractivity contribution in [3.05, 3.63) is 193 Å². The maximum atomic E-state index is 2.54. The Balaban J connectivity index is 1.16. The molecule has 0 amide bonds. The van der Waals surface area contributed by atoms with E-state index in [-0.39, 0.29) is 0 Å². The van der Waals surface area contributed by atoms with Gasteiger partial charge in [-0.1, -0.05) is 140 Å². The molecule has 0 radical (unpaired) electrons. The molecular weight excluding hydrogens is 677 g/mol. The third-order valence-corrected chi connectivity index (χ3v) is 12.2. The van der Waals surface area contributed by atoms with Crippen molar-refractivity contribution in [3.63, 3.8) is 0 Å². The van der Waals surface area contributed by atoms with Crippen molar-refractivity contribution in [3.8, 4) is 33.4 Å². The van der Waals surface area contributed by atoms with E-state index >= 15 is 0 Å². The average molecular weight is 719 g/mol. The lowest BCUT2D eigenvalue weighted by Crippen LogP contribution is -2.24. The molecule has 0 unspecified atom stereocenters. The molecule has 2 nitrogen and oxygen atoms in total. The lowest BCUT2D eigenvalue weighted by atomic mass is 9.85. The molecule has 0 saturated carbocycles. The minimum absolute atomic E-state index is 1.01. The molecule has 0 spiro atoms. The molecule has 0 bridgehead atoms. The summed E-state index contributed by atoms with van der Waals surface area (Å²) >= 11 is 0. The van der Waals surface area contributed by atoms with Crippen LogP contribution >= 0.6 is 0 Å². The SMILES string of the molecule is c1ccc(-c2c3ccc(N4CCCc5ccccc54)cc3c(-c3ccc(-c4ccc5ccccc5c4)cc3)c3ccc(N4CCCc5ccccc54)cc23)cc1. The maximum absolute atomic E-state index is 2.54. The van der Waals surface area contributed by atoms with Crippen LogP contribution in [0.4, 0.5) is 22.7 Å². The number of para-hydroxylation sites is 2. The van der Waals surface area contributed by atoms with Gasteiger partial charge < -0.3 is 9.80 Å². The molecule has 268 valence electrons. The van der Waals surface area contributed by atoms with Gasteiger partial charge in [-0.15, -0.1) is 0 Å². The monoisotopic (exact) mass is 718 g/mol. The number of nitrogens with zero attached hydrogens (tertiary/aromatic N) is 2. The highest BCUT2D eigenvalue weighted by Crippen LogP contribution is 2.48. The fourth-order valence-corrected chi connectivity index (χ4v) is 9.57. The fourth-order valence-electron chi connectivity index (χ4n) is 9.57. The number of aryl methyl sites for hydroxylation is 2. The highest BCUT2D eigenvalue weighted by molar-refractivity contribution is 6.22. The number of anilines is 4. The van der Waals surface area contributed by atoms with Crippen LogP contribution in [0.1, 0.15) is 24.0 Å². The molecule has 0 aromatic heterocycles. The summed E-state index contributed by atoms with van der Waals surface area (Å²) in [7, 11) is 0. The second-order valence-electron chi connectivity index (χ2n) is 15.5. The van der Waals surface area contributed by atoms with Gasteiger partial charge >= 0.3 is 0 Å². The summed E-state index contributed by atoms with van der Waals surface area (Å²) in [6.45, 7) is 2.03. The Hall–Kier alpha value is -6.64. The molecule has 56 heavy (non-hydrogen) atoms. The van der Waals surface area contributed by atoms with E-state index in [1.165, 1.54) is 99.6 Å². The number of benzene rings is 9. The normalized spacial score (nSPS) is 13.9. The number of rotatable bonds is 5. The van der Waals surface area contributed by atoms with Crippen LogP contribution in [0.2, 0.25) is 0 Å². The van der Waals surface area contributed by atoms with Crippen molar-refractivity contribution in [2.24, 2.45) is 0 Å². The molecular formula is C54H42N2. The molecule has 2 aliphatic rings. The van der Waals surface area contributed by atoms with Crippen LogP contribution in [0.15, 0.2) is 182 Å². The molecule has 2 aliphatic heterocycles. The van der Waals surface area contributed by atoms with Gasteiger partial charge in [0.15, 0.2) is 0 Å². The number of fused-ring (bicyclic) bond motifs is 5. The molecule has 0 aliphatic carbocycles. The minimum atomic E-state index is 1.01. The van der Waals surface area contributed by atoms with E-state index < -0.39 is 0 Å². The first-order valence-corrected chi connectivity index (χ1v) is 20.2. The predicted octanol–water partition coefficient (Wildman–Crippen LogP) is 14.3. The Morgan fingerprint density at radius 1 is 0.321 bits per heavy atom.